The second-order valence-corrected chi connectivity index (χ2v) is 6.80. The van der Waals surface area contributed by atoms with Gasteiger partial charge in [-0.1, -0.05) is 23.5 Å². The molecule has 0 unspecified atom stereocenters. The van der Waals surface area contributed by atoms with Gasteiger partial charge in [0.2, 0.25) is 5.13 Å². The smallest absolute Gasteiger partial charge is 0.389 e. The van der Waals surface area contributed by atoms with E-state index in [1.807, 2.05) is 24.3 Å². The second-order valence-electron chi connectivity index (χ2n) is 5.79. The monoisotopic (exact) mass is 395 g/mol. The Morgan fingerprint density at radius 2 is 1.93 bits per heavy atom. The first-order valence-corrected chi connectivity index (χ1v) is 8.89. The maximum Gasteiger partial charge on any atom is 0.389 e. The Hall–Kier alpha value is -2.81. The highest BCUT2D eigenvalue weighted by molar-refractivity contribution is 7.22. The molecular formula is C18H16F3N3O2S. The number of hydrazone groups is 1. The van der Waals surface area contributed by atoms with Crippen LogP contribution in [0.1, 0.15) is 18.4 Å². The van der Waals surface area contributed by atoms with Gasteiger partial charge >= 0.3 is 6.18 Å². The first-order valence-electron chi connectivity index (χ1n) is 8.08. The summed E-state index contributed by atoms with van der Waals surface area (Å²) < 4.78 is 38.4. The number of aromatic hydroxyl groups is 2. The zero-order chi connectivity index (χ0) is 19.4. The molecular weight excluding hydrogens is 379 g/mol. The molecule has 9 heteroatoms. The number of para-hydroxylation sites is 1. The maximum absolute atomic E-state index is 12.5. The van der Waals surface area contributed by atoms with E-state index >= 15 is 0 Å². The number of nitrogens with zero attached hydrogens (tertiary/aromatic N) is 3. The van der Waals surface area contributed by atoms with Crippen molar-refractivity contribution in [2.24, 2.45) is 5.10 Å². The lowest BCUT2D eigenvalue weighted by molar-refractivity contribution is -0.135. The summed E-state index contributed by atoms with van der Waals surface area (Å²) in [6.45, 7) is 0.00933. The van der Waals surface area contributed by atoms with Crippen molar-refractivity contribution in [3.8, 4) is 11.5 Å². The molecule has 3 aromatic rings. The molecule has 1 heterocycles. The number of hydrogen-bond donors (Lipinski definition) is 2. The molecule has 0 saturated heterocycles. The first-order chi connectivity index (χ1) is 12.8. The fourth-order valence-electron chi connectivity index (χ4n) is 2.38. The molecule has 3 rings (SSSR count). The van der Waals surface area contributed by atoms with Gasteiger partial charge in [0.1, 0.15) is 11.5 Å². The highest BCUT2D eigenvalue weighted by atomic mass is 32.1. The lowest BCUT2D eigenvalue weighted by Crippen LogP contribution is -2.20. The Morgan fingerprint density at radius 3 is 2.67 bits per heavy atom. The highest BCUT2D eigenvalue weighted by Crippen LogP contribution is 2.30. The number of benzene rings is 2. The van der Waals surface area contributed by atoms with Crippen molar-refractivity contribution in [2.45, 2.75) is 19.0 Å². The lowest BCUT2D eigenvalue weighted by Gasteiger charge is -2.16. The van der Waals surface area contributed by atoms with Crippen LogP contribution in [0.3, 0.4) is 0 Å². The van der Waals surface area contributed by atoms with E-state index in [1.54, 1.807) is 0 Å². The highest BCUT2D eigenvalue weighted by Gasteiger charge is 2.26. The van der Waals surface area contributed by atoms with E-state index in [2.05, 4.69) is 10.1 Å². The van der Waals surface area contributed by atoms with Crippen molar-refractivity contribution < 1.29 is 23.4 Å². The molecule has 0 atom stereocenters. The van der Waals surface area contributed by atoms with Gasteiger partial charge in [-0.05, 0) is 36.8 Å². The number of fused-ring (bicyclic) bond motifs is 1. The predicted octanol–water partition coefficient (Wildman–Crippen LogP) is 4.89. The van der Waals surface area contributed by atoms with Crippen LogP contribution in [-0.2, 0) is 0 Å². The molecule has 0 saturated carbocycles. The van der Waals surface area contributed by atoms with Crippen LogP contribution in [0.15, 0.2) is 47.6 Å². The Balaban J connectivity index is 1.86. The summed E-state index contributed by atoms with van der Waals surface area (Å²) in [5.74, 6) is -0.158. The van der Waals surface area contributed by atoms with Gasteiger partial charge in [0.05, 0.1) is 16.4 Å². The molecule has 0 aliphatic heterocycles. The zero-order valence-electron chi connectivity index (χ0n) is 14.0. The molecule has 2 aromatic carbocycles. The normalized spacial score (nSPS) is 12.1. The number of aromatic nitrogens is 1. The average Bonchev–Trinajstić information content (AvgIpc) is 3.03. The molecule has 0 bridgehead atoms. The number of hydrogen-bond acceptors (Lipinski definition) is 6. The van der Waals surface area contributed by atoms with Gasteiger partial charge in [0, 0.05) is 18.5 Å². The third-order valence-electron chi connectivity index (χ3n) is 3.68. The molecule has 5 nitrogen and oxygen atoms in total. The first kappa shape index (κ1) is 19.0. The molecule has 27 heavy (non-hydrogen) atoms. The number of anilines is 1. The summed E-state index contributed by atoms with van der Waals surface area (Å²) in [7, 11) is 0. The van der Waals surface area contributed by atoms with Gasteiger partial charge in [-0.2, -0.15) is 18.3 Å². The van der Waals surface area contributed by atoms with Crippen LogP contribution < -0.4 is 5.01 Å². The van der Waals surface area contributed by atoms with E-state index in [9.17, 15) is 23.4 Å². The summed E-state index contributed by atoms with van der Waals surface area (Å²) in [5.41, 5.74) is 0.977. The molecule has 0 fully saturated rings. The minimum absolute atomic E-state index is 0.00933. The molecule has 2 N–H and O–H groups in total. The van der Waals surface area contributed by atoms with Crippen LogP contribution in [0.5, 0.6) is 11.5 Å². The Morgan fingerprint density at radius 1 is 1.15 bits per heavy atom. The van der Waals surface area contributed by atoms with Crippen molar-refractivity contribution in [1.82, 2.24) is 4.98 Å². The number of thiazole rings is 1. The minimum atomic E-state index is -4.24. The maximum atomic E-state index is 12.5. The zero-order valence-corrected chi connectivity index (χ0v) is 14.8. The fourth-order valence-corrected chi connectivity index (χ4v) is 3.33. The Labute approximate surface area is 157 Å². The summed E-state index contributed by atoms with van der Waals surface area (Å²) >= 11 is 1.31. The van der Waals surface area contributed by atoms with Crippen LogP contribution in [0, 0.1) is 0 Å². The number of phenolic OH excluding ortho intramolecular Hbond substituents is 2. The van der Waals surface area contributed by atoms with Gasteiger partial charge in [0.25, 0.3) is 0 Å². The molecule has 142 valence electrons. The Kier molecular flexibility index (Phi) is 5.50. The van der Waals surface area contributed by atoms with Gasteiger partial charge in [-0.25, -0.2) is 9.99 Å². The van der Waals surface area contributed by atoms with Crippen LogP contribution in [0.4, 0.5) is 18.3 Å². The van der Waals surface area contributed by atoms with Crippen LogP contribution in [0.2, 0.25) is 0 Å². The Bertz CT molecular complexity index is 923. The summed E-state index contributed by atoms with van der Waals surface area (Å²) in [6, 6.07) is 11.3. The lowest BCUT2D eigenvalue weighted by atomic mass is 10.2. The van der Waals surface area contributed by atoms with Crippen molar-refractivity contribution in [3.63, 3.8) is 0 Å². The van der Waals surface area contributed by atoms with Gasteiger partial charge in [-0.3, -0.25) is 0 Å². The average molecular weight is 395 g/mol. The molecule has 0 aliphatic carbocycles. The van der Waals surface area contributed by atoms with Crippen LogP contribution in [0.25, 0.3) is 10.2 Å². The molecule has 0 spiro atoms. The van der Waals surface area contributed by atoms with Gasteiger partial charge in [-0.15, -0.1) is 0 Å². The van der Waals surface area contributed by atoms with Crippen molar-refractivity contribution in [1.29, 1.82) is 0 Å². The fraction of sp³-hybridized carbons (Fsp3) is 0.222. The molecule has 0 radical (unpaired) electrons. The molecule has 0 aliphatic rings. The van der Waals surface area contributed by atoms with Crippen molar-refractivity contribution >= 4 is 32.9 Å². The van der Waals surface area contributed by atoms with E-state index in [4.69, 9.17) is 0 Å². The third kappa shape index (κ3) is 5.10. The van der Waals surface area contributed by atoms with E-state index in [0.717, 1.165) is 10.2 Å². The van der Waals surface area contributed by atoms with Crippen LogP contribution >= 0.6 is 11.3 Å². The second kappa shape index (κ2) is 7.83. The van der Waals surface area contributed by atoms with Crippen LogP contribution in [-0.4, -0.2) is 34.1 Å². The largest absolute Gasteiger partial charge is 0.508 e. The predicted molar refractivity (Wildman–Crippen MR) is 99.6 cm³/mol. The number of halogens is 3. The minimum Gasteiger partial charge on any atom is -0.508 e. The quantitative estimate of drug-likeness (QED) is 0.354. The number of rotatable bonds is 6. The van der Waals surface area contributed by atoms with Crippen molar-refractivity contribution in [3.05, 3.63) is 48.0 Å². The van der Waals surface area contributed by atoms with Crippen molar-refractivity contribution in [2.75, 3.05) is 11.6 Å². The van der Waals surface area contributed by atoms with E-state index in [0.29, 0.717) is 5.13 Å². The topological polar surface area (TPSA) is 69.0 Å². The van der Waals surface area contributed by atoms with E-state index < -0.39 is 12.6 Å². The standard InChI is InChI=1S/C18H16F3N3O2S/c19-18(20,21)8-3-9-24(17-23-14-4-1-2-5-16(14)27-17)22-11-12-10-13(25)6-7-15(12)26/h1-2,4-7,10-11,25-26H,3,8-9H2. The summed E-state index contributed by atoms with van der Waals surface area (Å²) in [6.07, 6.45) is -4.04. The number of phenols is 2. The summed E-state index contributed by atoms with van der Waals surface area (Å²) in [4.78, 5) is 4.42. The summed E-state index contributed by atoms with van der Waals surface area (Å²) in [5, 5.41) is 25.4. The van der Waals surface area contributed by atoms with E-state index in [-0.39, 0.29) is 30.0 Å². The number of alkyl halides is 3. The molecule has 0 amide bonds. The van der Waals surface area contributed by atoms with E-state index in [1.165, 1.54) is 40.8 Å². The SMILES string of the molecule is Oc1ccc(O)c(C=NN(CCCC(F)(F)F)c2nc3ccccc3s2)c1. The van der Waals surface area contributed by atoms with Gasteiger partial charge < -0.3 is 10.2 Å². The molecule has 1 aromatic heterocycles. The van der Waals surface area contributed by atoms with Gasteiger partial charge in [0.15, 0.2) is 0 Å². The third-order valence-corrected chi connectivity index (χ3v) is 4.73.